The van der Waals surface area contributed by atoms with Crippen molar-refractivity contribution in [3.8, 4) is 0 Å². The molecule has 0 unspecified atom stereocenters. The molecule has 0 aromatic rings. The molecular weight excluding hydrogens is 140 g/mol. The van der Waals surface area contributed by atoms with Gasteiger partial charge in [-0.05, 0) is 0 Å². The minimum atomic E-state index is -3.16. The van der Waals surface area contributed by atoms with E-state index < -0.39 is 10.1 Å². The van der Waals surface area contributed by atoms with Crippen LogP contribution in [0.3, 0.4) is 0 Å². The second-order valence-electron chi connectivity index (χ2n) is 0.871. The average molecular weight is 156 g/mol. The molecule has 60 valence electrons. The van der Waals surface area contributed by atoms with Crippen LogP contribution < -0.4 is 0 Å². The first-order chi connectivity index (χ1) is 3.56. The molecule has 0 fully saturated rings. The van der Waals surface area contributed by atoms with E-state index in [1.54, 1.807) is 0 Å². The first-order valence-electron chi connectivity index (χ1n) is 2.32. The molecule has 0 aliphatic carbocycles. The van der Waals surface area contributed by atoms with Gasteiger partial charge in [0.15, 0.2) is 0 Å². The van der Waals surface area contributed by atoms with Crippen molar-refractivity contribution in [1.29, 1.82) is 0 Å². The second-order valence-corrected chi connectivity index (χ2v) is 2.61. The van der Waals surface area contributed by atoms with Gasteiger partial charge in [0.2, 0.25) is 0 Å². The highest BCUT2D eigenvalue weighted by molar-refractivity contribution is 7.85. The van der Waals surface area contributed by atoms with Gasteiger partial charge in [-0.2, -0.15) is 8.42 Å². The van der Waals surface area contributed by atoms with Crippen LogP contribution in [0.25, 0.3) is 0 Å². The fourth-order valence-corrected chi connectivity index (χ4v) is 0. The molecule has 0 amide bonds. The van der Waals surface area contributed by atoms with Crippen LogP contribution in [0.5, 0.6) is 0 Å². The van der Waals surface area contributed by atoms with Gasteiger partial charge in [-0.3, -0.25) is 4.18 Å². The van der Waals surface area contributed by atoms with Gasteiger partial charge in [0.05, 0.1) is 13.4 Å². The van der Waals surface area contributed by atoms with Crippen molar-refractivity contribution in [2.45, 2.75) is 21.3 Å². The Morgan fingerprint density at radius 3 is 1.33 bits per heavy atom. The van der Waals surface area contributed by atoms with Crippen molar-refractivity contribution in [2.24, 2.45) is 0 Å². The van der Waals surface area contributed by atoms with E-state index in [1.165, 1.54) is 0 Å². The maximum Gasteiger partial charge on any atom is 0.264 e. The summed E-state index contributed by atoms with van der Waals surface area (Å²) in [7, 11) is -2.04. The molecule has 0 aromatic carbocycles. The first kappa shape index (κ1) is 16.0. The van der Waals surface area contributed by atoms with Crippen LogP contribution in [-0.2, 0) is 14.3 Å². The monoisotopic (exact) mass is 156 g/mol. The summed E-state index contributed by atoms with van der Waals surface area (Å²) < 4.78 is 23.5. The van der Waals surface area contributed by atoms with Crippen molar-refractivity contribution >= 4 is 10.1 Å². The SMILES string of the molecule is C.CC.COS(C)(=O)=O. The molecule has 9 heavy (non-hydrogen) atoms. The molecule has 0 bridgehead atoms. The van der Waals surface area contributed by atoms with Crippen LogP contribution >= 0.6 is 0 Å². The summed E-state index contributed by atoms with van der Waals surface area (Å²) >= 11 is 0. The van der Waals surface area contributed by atoms with E-state index in [0.29, 0.717) is 0 Å². The van der Waals surface area contributed by atoms with Crippen molar-refractivity contribution in [3.63, 3.8) is 0 Å². The predicted molar refractivity (Wildman–Crippen MR) is 39.9 cm³/mol. The van der Waals surface area contributed by atoms with Gasteiger partial charge in [-0.25, -0.2) is 0 Å². The van der Waals surface area contributed by atoms with Crippen LogP contribution in [0.1, 0.15) is 21.3 Å². The van der Waals surface area contributed by atoms with E-state index in [0.717, 1.165) is 13.4 Å². The molecule has 0 saturated heterocycles. The molecule has 0 radical (unpaired) electrons. The Hall–Kier alpha value is -0.0900. The van der Waals surface area contributed by atoms with E-state index in [1.807, 2.05) is 13.8 Å². The van der Waals surface area contributed by atoms with E-state index in [2.05, 4.69) is 4.18 Å². The molecule has 0 N–H and O–H groups in total. The normalized spacial score (nSPS) is 8.44. The van der Waals surface area contributed by atoms with Gasteiger partial charge in [0.25, 0.3) is 10.1 Å². The van der Waals surface area contributed by atoms with Gasteiger partial charge in [0, 0.05) is 0 Å². The van der Waals surface area contributed by atoms with Crippen LogP contribution in [0.15, 0.2) is 0 Å². The molecule has 0 aliphatic rings. The maximum atomic E-state index is 9.78. The lowest BCUT2D eigenvalue weighted by Crippen LogP contribution is -1.95. The Balaban J connectivity index is -0.000000109. The number of rotatable bonds is 1. The Morgan fingerprint density at radius 2 is 1.33 bits per heavy atom. The van der Waals surface area contributed by atoms with Crippen LogP contribution in [0, 0.1) is 0 Å². The molecule has 0 aliphatic heterocycles. The second kappa shape index (κ2) is 7.91. The fourth-order valence-electron chi connectivity index (χ4n) is 0. The number of hydrogen-bond donors (Lipinski definition) is 0. The van der Waals surface area contributed by atoms with Crippen LogP contribution in [-0.4, -0.2) is 21.8 Å². The van der Waals surface area contributed by atoms with E-state index in [-0.39, 0.29) is 7.43 Å². The zero-order valence-corrected chi connectivity index (χ0v) is 6.45. The topological polar surface area (TPSA) is 43.4 Å². The largest absolute Gasteiger partial charge is 0.274 e. The van der Waals surface area contributed by atoms with Gasteiger partial charge >= 0.3 is 0 Å². The lowest BCUT2D eigenvalue weighted by molar-refractivity contribution is 0.403. The minimum absolute atomic E-state index is 0. The summed E-state index contributed by atoms with van der Waals surface area (Å²) in [4.78, 5) is 0. The fraction of sp³-hybridized carbons (Fsp3) is 1.00. The Morgan fingerprint density at radius 1 is 1.22 bits per heavy atom. The van der Waals surface area contributed by atoms with Gasteiger partial charge in [0.1, 0.15) is 0 Å². The molecule has 0 saturated carbocycles. The summed E-state index contributed by atoms with van der Waals surface area (Å²) in [5, 5.41) is 0. The summed E-state index contributed by atoms with van der Waals surface area (Å²) in [6.45, 7) is 4.00. The lowest BCUT2D eigenvalue weighted by atomic mass is 11.0. The van der Waals surface area contributed by atoms with Gasteiger partial charge in [-0.1, -0.05) is 21.3 Å². The highest BCUT2D eigenvalue weighted by Gasteiger charge is 1.90. The van der Waals surface area contributed by atoms with Crippen LogP contribution in [0.4, 0.5) is 0 Å². The highest BCUT2D eigenvalue weighted by Crippen LogP contribution is 1.75. The van der Waals surface area contributed by atoms with Gasteiger partial charge < -0.3 is 0 Å². The maximum absolute atomic E-state index is 9.78. The third-order valence-electron chi connectivity index (χ3n) is 0.303. The molecule has 3 nitrogen and oxygen atoms in total. The van der Waals surface area contributed by atoms with Crippen LogP contribution in [0.2, 0.25) is 0 Å². The number of hydrogen-bond acceptors (Lipinski definition) is 3. The standard InChI is InChI=1S/C2H6O3S.C2H6.CH4/c1-5-6(2,3)4;1-2;/h1-2H3;1-2H3;1H4. The summed E-state index contributed by atoms with van der Waals surface area (Å²) in [6.07, 6.45) is 0.993. The molecule has 0 atom stereocenters. The third kappa shape index (κ3) is 32.6. The van der Waals surface area contributed by atoms with E-state index in [9.17, 15) is 8.42 Å². The Bertz CT molecular complexity index is 114. The Kier molecular flexibility index (Phi) is 14.0. The molecule has 0 rings (SSSR count). The summed E-state index contributed by atoms with van der Waals surface area (Å²) in [6, 6.07) is 0. The first-order valence-corrected chi connectivity index (χ1v) is 4.13. The quantitative estimate of drug-likeness (QED) is 0.537. The lowest BCUT2D eigenvalue weighted by Gasteiger charge is -1.84. The zero-order valence-electron chi connectivity index (χ0n) is 5.63. The van der Waals surface area contributed by atoms with Crippen molar-refractivity contribution < 1.29 is 12.6 Å². The minimum Gasteiger partial charge on any atom is -0.274 e. The Labute approximate surface area is 58.2 Å². The van der Waals surface area contributed by atoms with E-state index >= 15 is 0 Å². The van der Waals surface area contributed by atoms with Gasteiger partial charge in [-0.15, -0.1) is 0 Å². The van der Waals surface area contributed by atoms with E-state index in [4.69, 9.17) is 0 Å². The van der Waals surface area contributed by atoms with Crippen molar-refractivity contribution in [2.75, 3.05) is 13.4 Å². The summed E-state index contributed by atoms with van der Waals surface area (Å²) in [5.74, 6) is 0. The zero-order chi connectivity index (χ0) is 7.21. The molecule has 0 spiro atoms. The predicted octanol–water partition coefficient (Wildman–Crippen LogP) is 1.25. The van der Waals surface area contributed by atoms with Crippen molar-refractivity contribution in [3.05, 3.63) is 0 Å². The molecule has 4 heteroatoms. The average Bonchev–Trinajstić information content (AvgIpc) is 1.71. The molecule has 0 aromatic heterocycles. The third-order valence-corrected chi connectivity index (χ3v) is 0.908. The summed E-state index contributed by atoms with van der Waals surface area (Å²) in [5.41, 5.74) is 0. The smallest absolute Gasteiger partial charge is 0.264 e. The molecule has 0 heterocycles. The highest BCUT2D eigenvalue weighted by atomic mass is 32.2. The molecular formula is C5H16O3S. The van der Waals surface area contributed by atoms with Crippen molar-refractivity contribution in [1.82, 2.24) is 0 Å².